The summed E-state index contributed by atoms with van der Waals surface area (Å²) in [6, 6.07) is 9.46. The highest BCUT2D eigenvalue weighted by Crippen LogP contribution is 2.26. The molecular weight excluding hydrogens is 263 g/mol. The highest BCUT2D eigenvalue weighted by atomic mass is 35.5. The smallest absolute Gasteiger partial charge is 0.124 e. The zero-order valence-electron chi connectivity index (χ0n) is 8.67. The van der Waals surface area contributed by atoms with E-state index in [1.165, 1.54) is 11.3 Å². The van der Waals surface area contributed by atoms with Crippen molar-refractivity contribution in [2.45, 2.75) is 13.5 Å². The summed E-state index contributed by atoms with van der Waals surface area (Å²) in [6.07, 6.45) is 0. The fourth-order valence-electron chi connectivity index (χ4n) is 1.31. The monoisotopic (exact) mass is 272 g/mol. The van der Waals surface area contributed by atoms with Gasteiger partial charge in [0.25, 0.3) is 0 Å². The molecule has 16 heavy (non-hydrogen) atoms. The second-order valence-corrected chi connectivity index (χ2v) is 5.64. The van der Waals surface area contributed by atoms with E-state index >= 15 is 0 Å². The van der Waals surface area contributed by atoms with Crippen LogP contribution in [-0.2, 0) is 6.61 Å². The van der Waals surface area contributed by atoms with E-state index in [1.54, 1.807) is 0 Å². The molecule has 0 spiro atoms. The van der Waals surface area contributed by atoms with Gasteiger partial charge in [-0.25, -0.2) is 0 Å². The van der Waals surface area contributed by atoms with Gasteiger partial charge in [-0.3, -0.25) is 0 Å². The second-order valence-electron chi connectivity index (χ2n) is 3.40. The number of hydrogen-bond donors (Lipinski definition) is 0. The molecular formula is C12H10Cl2OS. The van der Waals surface area contributed by atoms with Crippen LogP contribution >= 0.6 is 34.5 Å². The number of halogens is 2. The first-order valence-corrected chi connectivity index (χ1v) is 6.35. The molecule has 2 aromatic rings. The van der Waals surface area contributed by atoms with Crippen molar-refractivity contribution >= 4 is 34.5 Å². The van der Waals surface area contributed by atoms with Crippen molar-refractivity contribution in [3.05, 3.63) is 50.1 Å². The maximum Gasteiger partial charge on any atom is 0.124 e. The van der Waals surface area contributed by atoms with Gasteiger partial charge in [0, 0.05) is 9.90 Å². The molecule has 0 aliphatic rings. The molecule has 1 aromatic carbocycles. The molecule has 2 rings (SSSR count). The highest BCUT2D eigenvalue weighted by molar-refractivity contribution is 7.16. The Hall–Kier alpha value is -0.700. The van der Waals surface area contributed by atoms with Crippen molar-refractivity contribution in [2.24, 2.45) is 0 Å². The van der Waals surface area contributed by atoms with Crippen molar-refractivity contribution in [3.63, 3.8) is 0 Å². The van der Waals surface area contributed by atoms with Gasteiger partial charge < -0.3 is 4.74 Å². The zero-order chi connectivity index (χ0) is 11.5. The van der Waals surface area contributed by atoms with Gasteiger partial charge in [0.05, 0.1) is 4.34 Å². The lowest BCUT2D eigenvalue weighted by Crippen LogP contribution is -1.94. The Balaban J connectivity index is 2.07. The van der Waals surface area contributed by atoms with E-state index in [0.29, 0.717) is 11.6 Å². The number of hydrogen-bond acceptors (Lipinski definition) is 2. The average Bonchev–Trinajstić information content (AvgIpc) is 2.66. The number of thiophene rings is 1. The SMILES string of the molecule is Cc1ccc(Cl)cc1OCc1ccc(Cl)s1. The maximum absolute atomic E-state index is 5.90. The van der Waals surface area contributed by atoms with Crippen LogP contribution in [0.2, 0.25) is 9.36 Å². The van der Waals surface area contributed by atoms with Crippen molar-refractivity contribution in [2.75, 3.05) is 0 Å². The molecule has 0 aliphatic heterocycles. The van der Waals surface area contributed by atoms with E-state index in [4.69, 9.17) is 27.9 Å². The molecule has 0 saturated heterocycles. The van der Waals surface area contributed by atoms with Gasteiger partial charge in [-0.1, -0.05) is 29.3 Å². The van der Waals surface area contributed by atoms with Crippen LogP contribution in [0.15, 0.2) is 30.3 Å². The Morgan fingerprint density at radius 1 is 1.19 bits per heavy atom. The first kappa shape index (κ1) is 11.8. The Morgan fingerprint density at radius 3 is 2.69 bits per heavy atom. The zero-order valence-corrected chi connectivity index (χ0v) is 11.0. The number of ether oxygens (including phenoxy) is 1. The highest BCUT2D eigenvalue weighted by Gasteiger charge is 2.03. The van der Waals surface area contributed by atoms with Crippen molar-refractivity contribution in [1.82, 2.24) is 0 Å². The second kappa shape index (κ2) is 5.09. The summed E-state index contributed by atoms with van der Waals surface area (Å²) in [5, 5.41) is 0.685. The van der Waals surface area contributed by atoms with E-state index in [1.807, 2.05) is 37.3 Å². The van der Waals surface area contributed by atoms with Crippen LogP contribution in [0.1, 0.15) is 10.4 Å². The molecule has 0 unspecified atom stereocenters. The van der Waals surface area contributed by atoms with Crippen LogP contribution in [-0.4, -0.2) is 0 Å². The summed E-state index contributed by atoms with van der Waals surface area (Å²) in [7, 11) is 0. The molecule has 0 bridgehead atoms. The normalized spacial score (nSPS) is 10.4. The van der Waals surface area contributed by atoms with E-state index < -0.39 is 0 Å². The predicted octanol–water partition coefficient (Wildman–Crippen LogP) is 4.94. The summed E-state index contributed by atoms with van der Waals surface area (Å²) >= 11 is 13.3. The maximum atomic E-state index is 5.90. The van der Waals surface area contributed by atoms with E-state index in [9.17, 15) is 0 Å². The number of benzene rings is 1. The molecule has 0 amide bonds. The molecule has 0 fully saturated rings. The number of aryl methyl sites for hydroxylation is 1. The minimum absolute atomic E-state index is 0.526. The lowest BCUT2D eigenvalue weighted by Gasteiger charge is -2.08. The minimum Gasteiger partial charge on any atom is -0.488 e. The van der Waals surface area contributed by atoms with Crippen molar-refractivity contribution < 1.29 is 4.74 Å². The molecule has 1 nitrogen and oxygen atoms in total. The fourth-order valence-corrected chi connectivity index (χ4v) is 2.47. The Labute approximate surface area is 109 Å². The van der Waals surface area contributed by atoms with Crippen LogP contribution in [0, 0.1) is 6.92 Å². The Bertz CT molecular complexity index is 494. The Morgan fingerprint density at radius 2 is 2.00 bits per heavy atom. The molecule has 1 heterocycles. The van der Waals surface area contributed by atoms with Gasteiger partial charge in [0.15, 0.2) is 0 Å². The van der Waals surface area contributed by atoms with Gasteiger partial charge >= 0.3 is 0 Å². The summed E-state index contributed by atoms with van der Waals surface area (Å²) in [5.74, 6) is 0.817. The van der Waals surface area contributed by atoms with Gasteiger partial charge in [0.2, 0.25) is 0 Å². The largest absolute Gasteiger partial charge is 0.488 e. The first-order chi connectivity index (χ1) is 7.65. The fraction of sp³-hybridized carbons (Fsp3) is 0.167. The molecule has 4 heteroatoms. The lowest BCUT2D eigenvalue weighted by atomic mass is 10.2. The van der Waals surface area contributed by atoms with Gasteiger partial charge in [-0.2, -0.15) is 0 Å². The molecule has 0 atom stereocenters. The van der Waals surface area contributed by atoms with Crippen LogP contribution in [0.3, 0.4) is 0 Å². The van der Waals surface area contributed by atoms with E-state index in [0.717, 1.165) is 20.5 Å². The molecule has 1 aromatic heterocycles. The summed E-state index contributed by atoms with van der Waals surface area (Å²) in [6.45, 7) is 2.52. The third-order valence-electron chi connectivity index (χ3n) is 2.15. The van der Waals surface area contributed by atoms with E-state index in [2.05, 4.69) is 0 Å². The topological polar surface area (TPSA) is 9.23 Å². The van der Waals surface area contributed by atoms with Crippen LogP contribution < -0.4 is 4.74 Å². The molecule has 0 aliphatic carbocycles. The third kappa shape index (κ3) is 2.91. The summed E-state index contributed by atoms with van der Waals surface area (Å²) in [4.78, 5) is 1.10. The average molecular weight is 273 g/mol. The minimum atomic E-state index is 0.526. The third-order valence-corrected chi connectivity index (χ3v) is 3.59. The molecule has 0 N–H and O–H groups in total. The summed E-state index contributed by atoms with van der Waals surface area (Å²) in [5.41, 5.74) is 1.08. The van der Waals surface area contributed by atoms with Crippen LogP contribution in [0.4, 0.5) is 0 Å². The summed E-state index contributed by atoms with van der Waals surface area (Å²) < 4.78 is 6.46. The standard InChI is InChI=1S/C12H10Cl2OS/c1-8-2-3-9(13)6-11(8)15-7-10-4-5-12(14)16-10/h2-6H,7H2,1H3. The quantitative estimate of drug-likeness (QED) is 0.769. The molecule has 84 valence electrons. The van der Waals surface area contributed by atoms with Gasteiger partial charge in [-0.15, -0.1) is 11.3 Å². The molecule has 0 saturated carbocycles. The van der Waals surface area contributed by atoms with E-state index in [-0.39, 0.29) is 0 Å². The lowest BCUT2D eigenvalue weighted by molar-refractivity contribution is 0.307. The molecule has 0 radical (unpaired) electrons. The predicted molar refractivity (Wildman–Crippen MR) is 69.9 cm³/mol. The van der Waals surface area contributed by atoms with Gasteiger partial charge in [0.1, 0.15) is 12.4 Å². The number of rotatable bonds is 3. The first-order valence-electron chi connectivity index (χ1n) is 4.78. The Kier molecular flexibility index (Phi) is 3.74. The van der Waals surface area contributed by atoms with Crippen molar-refractivity contribution in [3.8, 4) is 5.75 Å². The van der Waals surface area contributed by atoms with Crippen LogP contribution in [0.25, 0.3) is 0 Å². The van der Waals surface area contributed by atoms with Gasteiger partial charge in [-0.05, 0) is 36.8 Å². The van der Waals surface area contributed by atoms with Crippen molar-refractivity contribution in [1.29, 1.82) is 0 Å². The van der Waals surface area contributed by atoms with Crippen LogP contribution in [0.5, 0.6) is 5.75 Å².